The number of rotatable bonds is 6. The number of esters is 1. The summed E-state index contributed by atoms with van der Waals surface area (Å²) in [7, 11) is 2.63. The van der Waals surface area contributed by atoms with Crippen LogP contribution in [0.4, 0.5) is 10.1 Å². The largest absolute Gasteiger partial charge is 0.494 e. The third-order valence-electron chi connectivity index (χ3n) is 5.16. The van der Waals surface area contributed by atoms with Gasteiger partial charge >= 0.3 is 16.8 Å². The zero-order chi connectivity index (χ0) is 28.0. The Bertz CT molecular complexity index is 1490. The first-order valence-electron chi connectivity index (χ1n) is 10.9. The van der Waals surface area contributed by atoms with Gasteiger partial charge in [-0.25, -0.2) is 18.9 Å². The van der Waals surface area contributed by atoms with E-state index in [9.17, 15) is 18.8 Å². The minimum atomic E-state index is -1.16. The van der Waals surface area contributed by atoms with E-state index < -0.39 is 17.8 Å². The predicted octanol–water partition coefficient (Wildman–Crippen LogP) is 5.50. The van der Waals surface area contributed by atoms with Crippen LogP contribution in [-0.2, 0) is 22.6 Å². The van der Waals surface area contributed by atoms with Crippen LogP contribution in [0.2, 0.25) is 15.1 Å². The maximum atomic E-state index is 14.3. The van der Waals surface area contributed by atoms with Crippen molar-refractivity contribution in [3.8, 4) is 5.75 Å². The molecule has 0 fully saturated rings. The molecular weight excluding hydrogens is 604 g/mol. The minimum absolute atomic E-state index is 0.0605. The van der Waals surface area contributed by atoms with Crippen molar-refractivity contribution >= 4 is 75.5 Å². The van der Waals surface area contributed by atoms with Gasteiger partial charge in [-0.15, -0.1) is 11.8 Å². The molecule has 2 aromatic carbocycles. The van der Waals surface area contributed by atoms with Crippen LogP contribution in [0, 0.1) is 5.82 Å². The van der Waals surface area contributed by atoms with Crippen LogP contribution < -0.4 is 14.4 Å². The van der Waals surface area contributed by atoms with E-state index >= 15 is 0 Å². The van der Waals surface area contributed by atoms with E-state index in [1.54, 1.807) is 9.36 Å². The molecule has 0 radical (unpaired) electrons. The molecule has 0 unspecified atom stereocenters. The molecule has 0 saturated heterocycles. The second kappa shape index (κ2) is 13.5. The van der Waals surface area contributed by atoms with Crippen molar-refractivity contribution < 1.29 is 28.6 Å². The first kappa shape index (κ1) is 30.0. The number of aromatic nitrogens is 2. The summed E-state index contributed by atoms with van der Waals surface area (Å²) in [5.74, 6) is -2.00. The summed E-state index contributed by atoms with van der Waals surface area (Å²) >= 11 is 19.5. The number of carboxylic acid groups (broad SMARTS) is 1. The van der Waals surface area contributed by atoms with Gasteiger partial charge in [0.2, 0.25) is 4.80 Å². The Morgan fingerprint density at radius 3 is 2.37 bits per heavy atom. The molecule has 0 saturated carbocycles. The summed E-state index contributed by atoms with van der Waals surface area (Å²) < 4.78 is 27.1. The van der Waals surface area contributed by atoms with Crippen molar-refractivity contribution in [1.82, 2.24) is 9.36 Å². The molecule has 0 atom stereocenters. The standard InChI is InChI=1S/C15H15ClFN3O3S2.C8H6Cl2O3/c1-23-13(21)8-24-12-7-11(10(17)6-9(12)16)18-14-19-4-2-3-5-20(19)15(22)25-14;1-13-7-5(10)3-2-4(9)6(7)8(11)12/h6-7H,2-5,8H2,1H3;2-3H,1H3,(H,11,12)/b18-14-;. The number of aromatic carboxylic acids is 1. The van der Waals surface area contributed by atoms with Crippen LogP contribution >= 0.6 is 57.9 Å². The van der Waals surface area contributed by atoms with E-state index in [4.69, 9.17) is 44.6 Å². The van der Waals surface area contributed by atoms with Crippen molar-refractivity contribution in [2.75, 3.05) is 20.0 Å². The van der Waals surface area contributed by atoms with Crippen molar-refractivity contribution in [3.05, 3.63) is 65.2 Å². The van der Waals surface area contributed by atoms with Gasteiger partial charge in [-0.2, -0.15) is 0 Å². The number of nitrogens with zero attached hydrogens (tertiary/aromatic N) is 3. The fourth-order valence-corrected chi connectivity index (χ4v) is 5.81. The van der Waals surface area contributed by atoms with E-state index in [2.05, 4.69) is 9.73 Å². The summed E-state index contributed by atoms with van der Waals surface area (Å²) in [4.78, 5) is 39.2. The summed E-state index contributed by atoms with van der Waals surface area (Å²) in [5.41, 5.74) is -0.0313. The molecule has 204 valence electrons. The zero-order valence-corrected chi connectivity index (χ0v) is 23.9. The maximum absolute atomic E-state index is 14.3. The Kier molecular flexibility index (Phi) is 10.7. The molecule has 0 amide bonds. The van der Waals surface area contributed by atoms with Crippen LogP contribution in [0.15, 0.2) is 38.9 Å². The number of carbonyl (C=O) groups excluding carboxylic acids is 1. The molecular formula is C23H21Cl3FN3O6S2. The number of halogens is 4. The molecule has 3 aromatic rings. The van der Waals surface area contributed by atoms with E-state index in [-0.39, 0.29) is 42.7 Å². The average molecular weight is 625 g/mol. The lowest BCUT2D eigenvalue weighted by Crippen LogP contribution is -2.31. The highest BCUT2D eigenvalue weighted by Gasteiger charge is 2.18. The van der Waals surface area contributed by atoms with Crippen molar-refractivity contribution in [3.63, 3.8) is 0 Å². The first-order valence-corrected chi connectivity index (χ1v) is 13.8. The Balaban J connectivity index is 0.000000260. The monoisotopic (exact) mass is 623 g/mol. The van der Waals surface area contributed by atoms with E-state index in [1.165, 1.54) is 32.4 Å². The average Bonchev–Trinajstić information content (AvgIpc) is 3.21. The summed E-state index contributed by atoms with van der Waals surface area (Å²) in [6.07, 6.45) is 1.90. The van der Waals surface area contributed by atoms with Gasteiger partial charge in [-0.05, 0) is 48.4 Å². The predicted molar refractivity (Wildman–Crippen MR) is 145 cm³/mol. The van der Waals surface area contributed by atoms with E-state index in [0.29, 0.717) is 22.8 Å². The second-order valence-corrected chi connectivity index (χ2v) is 10.7. The third-order valence-corrected chi connectivity index (χ3v) is 8.09. The normalized spacial score (nSPS) is 12.8. The maximum Gasteiger partial charge on any atom is 0.341 e. The molecule has 15 heteroatoms. The summed E-state index contributed by atoms with van der Waals surface area (Å²) in [6, 6.07) is 5.54. The molecule has 1 aromatic heterocycles. The Labute approximate surface area is 239 Å². The van der Waals surface area contributed by atoms with Gasteiger partial charge in [0.25, 0.3) is 0 Å². The molecule has 0 aliphatic carbocycles. The molecule has 1 N–H and O–H groups in total. The Hall–Kier alpha value is -2.51. The number of benzene rings is 2. The number of thioether (sulfide) groups is 1. The molecule has 0 spiro atoms. The van der Waals surface area contributed by atoms with Gasteiger partial charge in [-0.1, -0.05) is 34.8 Å². The fourth-order valence-electron chi connectivity index (χ4n) is 3.36. The topological polar surface area (TPSA) is 112 Å². The van der Waals surface area contributed by atoms with Gasteiger partial charge in [0.05, 0.1) is 35.0 Å². The van der Waals surface area contributed by atoms with Gasteiger partial charge in [0.15, 0.2) is 5.75 Å². The van der Waals surface area contributed by atoms with Crippen molar-refractivity contribution in [2.45, 2.75) is 30.8 Å². The molecule has 2 heterocycles. The SMILES string of the molecule is COC(=O)CSc1cc(/N=c2\sc(=O)n3n2CCCC3)c(F)cc1Cl.COc1c(Cl)ccc(Cl)c1C(=O)O. The number of ether oxygens (including phenoxy) is 2. The van der Waals surface area contributed by atoms with Crippen LogP contribution in [0.1, 0.15) is 23.2 Å². The number of carboxylic acids is 1. The van der Waals surface area contributed by atoms with Gasteiger partial charge in [0, 0.05) is 18.0 Å². The van der Waals surface area contributed by atoms with E-state index in [1.807, 2.05) is 0 Å². The number of hydrogen-bond donors (Lipinski definition) is 1. The molecule has 1 aliphatic rings. The van der Waals surface area contributed by atoms with Crippen LogP contribution in [0.25, 0.3) is 0 Å². The number of fused-ring (bicyclic) bond motifs is 1. The minimum Gasteiger partial charge on any atom is -0.494 e. The Morgan fingerprint density at radius 2 is 1.76 bits per heavy atom. The summed E-state index contributed by atoms with van der Waals surface area (Å²) in [6.45, 7) is 1.32. The van der Waals surface area contributed by atoms with E-state index in [0.717, 1.165) is 42.0 Å². The van der Waals surface area contributed by atoms with Gasteiger partial charge in [-0.3, -0.25) is 14.3 Å². The highest BCUT2D eigenvalue weighted by atomic mass is 35.5. The first-order chi connectivity index (χ1) is 18.1. The highest BCUT2D eigenvalue weighted by molar-refractivity contribution is 8.00. The quantitative estimate of drug-likeness (QED) is 0.285. The molecule has 4 rings (SSSR count). The van der Waals surface area contributed by atoms with Crippen LogP contribution in [0.5, 0.6) is 5.75 Å². The van der Waals surface area contributed by atoms with Gasteiger partial charge < -0.3 is 14.6 Å². The second-order valence-electron chi connectivity index (χ2n) is 7.56. The lowest BCUT2D eigenvalue weighted by Gasteiger charge is -2.15. The molecule has 9 nitrogen and oxygen atoms in total. The molecule has 0 bridgehead atoms. The number of carbonyl (C=O) groups is 2. The van der Waals surface area contributed by atoms with Crippen LogP contribution in [-0.4, -0.2) is 46.4 Å². The zero-order valence-electron chi connectivity index (χ0n) is 20.0. The number of methoxy groups -OCH3 is 2. The lowest BCUT2D eigenvalue weighted by atomic mass is 10.2. The summed E-state index contributed by atoms with van der Waals surface area (Å²) in [5, 5.41) is 9.31. The lowest BCUT2D eigenvalue weighted by molar-refractivity contribution is -0.137. The van der Waals surface area contributed by atoms with Crippen molar-refractivity contribution in [2.24, 2.45) is 4.99 Å². The van der Waals surface area contributed by atoms with Crippen molar-refractivity contribution in [1.29, 1.82) is 0 Å². The highest BCUT2D eigenvalue weighted by Crippen LogP contribution is 2.34. The Morgan fingerprint density at radius 1 is 1.11 bits per heavy atom. The van der Waals surface area contributed by atoms with Gasteiger partial charge in [0.1, 0.15) is 17.1 Å². The fraction of sp³-hybridized carbons (Fsp3) is 0.304. The number of hydrogen-bond acceptors (Lipinski definition) is 8. The molecule has 1 aliphatic heterocycles. The van der Waals surface area contributed by atoms with Crippen LogP contribution in [0.3, 0.4) is 0 Å². The third kappa shape index (κ3) is 7.11. The smallest absolute Gasteiger partial charge is 0.341 e. The molecule has 38 heavy (non-hydrogen) atoms.